The van der Waals surface area contributed by atoms with E-state index >= 15 is 0 Å². The van der Waals surface area contributed by atoms with Crippen LogP contribution in [0.4, 0.5) is 0 Å². The fourth-order valence-electron chi connectivity index (χ4n) is 1.42. The SMILES string of the molecule is CS(=O)Cc1cccc(CC(N)C(=O)O)c1. The van der Waals surface area contributed by atoms with E-state index in [1.54, 1.807) is 6.26 Å². The minimum atomic E-state index is -1.01. The van der Waals surface area contributed by atoms with Crippen LogP contribution in [0.1, 0.15) is 11.1 Å². The largest absolute Gasteiger partial charge is 0.480 e. The number of nitrogens with two attached hydrogens (primary N) is 1. The van der Waals surface area contributed by atoms with Gasteiger partial charge in [-0.3, -0.25) is 9.00 Å². The third-order valence-electron chi connectivity index (χ3n) is 2.13. The van der Waals surface area contributed by atoms with Crippen molar-refractivity contribution in [3.63, 3.8) is 0 Å². The number of benzene rings is 1. The molecule has 3 N–H and O–H groups in total. The van der Waals surface area contributed by atoms with Gasteiger partial charge in [-0.1, -0.05) is 24.3 Å². The van der Waals surface area contributed by atoms with Gasteiger partial charge in [-0.05, 0) is 17.5 Å². The molecule has 0 amide bonds. The molecule has 0 saturated carbocycles. The Morgan fingerprint density at radius 3 is 2.69 bits per heavy atom. The average molecular weight is 241 g/mol. The van der Waals surface area contributed by atoms with Gasteiger partial charge in [0.05, 0.1) is 0 Å². The van der Waals surface area contributed by atoms with Crippen LogP contribution in [0.25, 0.3) is 0 Å². The molecule has 0 heterocycles. The van der Waals surface area contributed by atoms with Crippen LogP contribution in [0.3, 0.4) is 0 Å². The summed E-state index contributed by atoms with van der Waals surface area (Å²) in [5.41, 5.74) is 7.24. The molecule has 0 saturated heterocycles. The van der Waals surface area contributed by atoms with Crippen molar-refractivity contribution in [3.8, 4) is 0 Å². The van der Waals surface area contributed by atoms with Crippen LogP contribution in [0.5, 0.6) is 0 Å². The van der Waals surface area contributed by atoms with E-state index in [9.17, 15) is 9.00 Å². The molecule has 1 aromatic carbocycles. The fourth-order valence-corrected chi connectivity index (χ4v) is 2.07. The zero-order chi connectivity index (χ0) is 12.1. The molecule has 4 nitrogen and oxygen atoms in total. The summed E-state index contributed by atoms with van der Waals surface area (Å²) in [5, 5.41) is 8.68. The summed E-state index contributed by atoms with van der Waals surface area (Å²) < 4.78 is 11.0. The number of rotatable bonds is 5. The van der Waals surface area contributed by atoms with Crippen molar-refractivity contribution in [2.24, 2.45) is 5.73 Å². The maximum atomic E-state index is 11.0. The highest BCUT2D eigenvalue weighted by atomic mass is 32.2. The van der Waals surface area contributed by atoms with Gasteiger partial charge in [-0.15, -0.1) is 0 Å². The molecule has 0 aromatic heterocycles. The second-order valence-corrected chi connectivity index (χ2v) is 5.12. The fraction of sp³-hybridized carbons (Fsp3) is 0.364. The molecule has 16 heavy (non-hydrogen) atoms. The van der Waals surface area contributed by atoms with Crippen molar-refractivity contribution < 1.29 is 14.1 Å². The lowest BCUT2D eigenvalue weighted by Gasteiger charge is -2.07. The van der Waals surface area contributed by atoms with E-state index in [1.165, 1.54) is 0 Å². The molecular formula is C11H15NO3S. The minimum Gasteiger partial charge on any atom is -0.480 e. The van der Waals surface area contributed by atoms with Gasteiger partial charge in [-0.25, -0.2) is 0 Å². The highest BCUT2D eigenvalue weighted by Gasteiger charge is 2.12. The average Bonchev–Trinajstić information content (AvgIpc) is 2.16. The van der Waals surface area contributed by atoms with Crippen molar-refractivity contribution in [1.29, 1.82) is 0 Å². The highest BCUT2D eigenvalue weighted by Crippen LogP contribution is 2.09. The van der Waals surface area contributed by atoms with Gasteiger partial charge < -0.3 is 10.8 Å². The van der Waals surface area contributed by atoms with E-state index < -0.39 is 22.8 Å². The van der Waals surface area contributed by atoms with Gasteiger partial charge in [0, 0.05) is 22.8 Å². The quantitative estimate of drug-likeness (QED) is 0.787. The lowest BCUT2D eigenvalue weighted by atomic mass is 10.0. The topological polar surface area (TPSA) is 80.4 Å². The summed E-state index contributed by atoms with van der Waals surface area (Å²) in [6, 6.07) is 6.49. The Balaban J connectivity index is 2.74. The third kappa shape index (κ3) is 4.12. The zero-order valence-corrected chi connectivity index (χ0v) is 9.87. The Labute approximate surface area is 96.9 Å². The predicted molar refractivity (Wildman–Crippen MR) is 63.5 cm³/mol. The van der Waals surface area contributed by atoms with Crippen LogP contribution in [0, 0.1) is 0 Å². The Morgan fingerprint density at radius 2 is 2.12 bits per heavy atom. The predicted octanol–water partition coefficient (Wildman–Crippen LogP) is 0.520. The van der Waals surface area contributed by atoms with Crippen molar-refractivity contribution in [2.45, 2.75) is 18.2 Å². The van der Waals surface area contributed by atoms with E-state index in [4.69, 9.17) is 10.8 Å². The molecule has 0 radical (unpaired) electrons. The van der Waals surface area contributed by atoms with Gasteiger partial charge in [0.1, 0.15) is 6.04 Å². The Hall–Kier alpha value is -1.20. The molecule has 0 aliphatic heterocycles. The summed E-state index contributed by atoms with van der Waals surface area (Å²) in [6.45, 7) is 0. The van der Waals surface area contributed by atoms with Crippen LogP contribution in [-0.2, 0) is 27.8 Å². The molecule has 0 spiro atoms. The van der Waals surface area contributed by atoms with E-state index in [-0.39, 0.29) is 0 Å². The molecule has 5 heteroatoms. The zero-order valence-electron chi connectivity index (χ0n) is 9.05. The molecule has 0 aliphatic rings. The van der Waals surface area contributed by atoms with Crippen LogP contribution >= 0.6 is 0 Å². The number of carboxylic acid groups (broad SMARTS) is 1. The van der Waals surface area contributed by atoms with Crippen LogP contribution < -0.4 is 5.73 Å². The van der Waals surface area contributed by atoms with Crippen LogP contribution in [-0.4, -0.2) is 27.6 Å². The standard InChI is InChI=1S/C11H15NO3S/c1-16(15)7-9-4-2-3-8(5-9)6-10(12)11(13)14/h2-5,10H,6-7,12H2,1H3,(H,13,14). The number of carboxylic acids is 1. The first-order valence-corrected chi connectivity index (χ1v) is 6.58. The minimum absolute atomic E-state index is 0.291. The first-order chi connectivity index (χ1) is 7.49. The van der Waals surface area contributed by atoms with E-state index in [2.05, 4.69) is 0 Å². The van der Waals surface area contributed by atoms with E-state index in [0.29, 0.717) is 12.2 Å². The van der Waals surface area contributed by atoms with Gasteiger partial charge in [0.2, 0.25) is 0 Å². The molecule has 88 valence electrons. The molecule has 0 aliphatic carbocycles. The van der Waals surface area contributed by atoms with Gasteiger partial charge in [0.25, 0.3) is 0 Å². The summed E-state index contributed by atoms with van der Waals surface area (Å²) in [7, 11) is -0.894. The monoisotopic (exact) mass is 241 g/mol. The number of hydrogen-bond acceptors (Lipinski definition) is 3. The Kier molecular flexibility index (Phi) is 4.64. The molecule has 0 fully saturated rings. The molecule has 2 unspecified atom stereocenters. The Morgan fingerprint density at radius 1 is 1.50 bits per heavy atom. The molecule has 1 rings (SSSR count). The van der Waals surface area contributed by atoms with Crippen molar-refractivity contribution in [3.05, 3.63) is 35.4 Å². The van der Waals surface area contributed by atoms with Crippen molar-refractivity contribution in [2.75, 3.05) is 6.26 Å². The smallest absolute Gasteiger partial charge is 0.320 e. The normalized spacial score (nSPS) is 14.4. The van der Waals surface area contributed by atoms with Crippen molar-refractivity contribution in [1.82, 2.24) is 0 Å². The van der Waals surface area contributed by atoms with Crippen LogP contribution in [0.15, 0.2) is 24.3 Å². The second-order valence-electron chi connectivity index (χ2n) is 3.69. The molecule has 2 atom stereocenters. The first kappa shape index (κ1) is 12.9. The first-order valence-electron chi connectivity index (χ1n) is 4.85. The maximum absolute atomic E-state index is 11.0. The lowest BCUT2D eigenvalue weighted by molar-refractivity contribution is -0.138. The summed E-state index contributed by atoms with van der Waals surface area (Å²) in [5.74, 6) is -0.527. The lowest BCUT2D eigenvalue weighted by Crippen LogP contribution is -2.32. The van der Waals surface area contributed by atoms with Gasteiger partial charge >= 0.3 is 5.97 Å². The molecule has 0 bridgehead atoms. The van der Waals surface area contributed by atoms with Crippen LogP contribution in [0.2, 0.25) is 0 Å². The molecular weight excluding hydrogens is 226 g/mol. The third-order valence-corrected chi connectivity index (χ3v) is 2.87. The number of hydrogen-bond donors (Lipinski definition) is 2. The van der Waals surface area contributed by atoms with E-state index in [1.807, 2.05) is 24.3 Å². The summed E-state index contributed by atoms with van der Waals surface area (Å²) >= 11 is 0. The number of aliphatic carboxylic acids is 1. The highest BCUT2D eigenvalue weighted by molar-refractivity contribution is 7.83. The Bertz CT molecular complexity index is 406. The molecule has 1 aromatic rings. The summed E-state index contributed by atoms with van der Waals surface area (Å²) in [6.07, 6.45) is 1.93. The second kappa shape index (κ2) is 5.77. The van der Waals surface area contributed by atoms with Gasteiger partial charge in [0.15, 0.2) is 0 Å². The van der Waals surface area contributed by atoms with Crippen molar-refractivity contribution >= 4 is 16.8 Å². The van der Waals surface area contributed by atoms with E-state index in [0.717, 1.165) is 11.1 Å². The summed E-state index contributed by atoms with van der Waals surface area (Å²) in [4.78, 5) is 10.6. The number of carbonyl (C=O) groups is 1. The maximum Gasteiger partial charge on any atom is 0.320 e. The van der Waals surface area contributed by atoms with Gasteiger partial charge in [-0.2, -0.15) is 0 Å².